The van der Waals surface area contributed by atoms with Gasteiger partial charge in [0.2, 0.25) is 0 Å². The second-order valence-corrected chi connectivity index (χ2v) is 7.57. The highest BCUT2D eigenvalue weighted by atomic mass is 16.5. The Balaban J connectivity index is 1.94. The molecule has 0 bridgehead atoms. The van der Waals surface area contributed by atoms with Crippen LogP contribution in [0.3, 0.4) is 0 Å². The van der Waals surface area contributed by atoms with E-state index in [0.29, 0.717) is 17.7 Å². The molecule has 0 radical (unpaired) electrons. The third-order valence-corrected chi connectivity index (χ3v) is 5.68. The predicted molar refractivity (Wildman–Crippen MR) is 129 cm³/mol. The number of esters is 1. The van der Waals surface area contributed by atoms with Crippen LogP contribution in [-0.2, 0) is 4.74 Å². The van der Waals surface area contributed by atoms with E-state index in [0.717, 1.165) is 27.8 Å². The van der Waals surface area contributed by atoms with E-state index in [2.05, 4.69) is 10.1 Å². The Labute approximate surface area is 193 Å². The van der Waals surface area contributed by atoms with E-state index in [-0.39, 0.29) is 5.92 Å². The van der Waals surface area contributed by atoms with Crippen molar-refractivity contribution in [1.29, 1.82) is 0 Å². The molecule has 3 aromatic carbocycles. The molecular weight excluding hydrogens is 412 g/mol. The van der Waals surface area contributed by atoms with Crippen LogP contribution in [0, 0.1) is 0 Å². The third-order valence-electron chi connectivity index (χ3n) is 5.68. The highest BCUT2D eigenvalue weighted by molar-refractivity contribution is 6.01. The Morgan fingerprint density at radius 3 is 2.21 bits per heavy atom. The van der Waals surface area contributed by atoms with E-state index in [1.807, 2.05) is 72.8 Å². The summed E-state index contributed by atoms with van der Waals surface area (Å²) in [5.74, 6) is -0.675. The first-order chi connectivity index (χ1) is 16.2. The van der Waals surface area contributed by atoms with Crippen molar-refractivity contribution in [3.8, 4) is 11.1 Å². The van der Waals surface area contributed by atoms with Crippen molar-refractivity contribution in [1.82, 2.24) is 4.98 Å². The highest BCUT2D eigenvalue weighted by Crippen LogP contribution is 2.39. The summed E-state index contributed by atoms with van der Waals surface area (Å²) in [4.78, 5) is 16.9. The van der Waals surface area contributed by atoms with Crippen molar-refractivity contribution in [3.05, 3.63) is 126 Å². The summed E-state index contributed by atoms with van der Waals surface area (Å²) in [5.41, 5.74) is 5.51. The van der Waals surface area contributed by atoms with Gasteiger partial charge in [-0.05, 0) is 40.5 Å². The molecule has 1 heterocycles. The largest absolute Gasteiger partial charge is 0.465 e. The number of benzene rings is 3. The van der Waals surface area contributed by atoms with Crippen LogP contribution in [0.1, 0.15) is 39.4 Å². The average Bonchev–Trinajstić information content (AvgIpc) is 2.90. The summed E-state index contributed by atoms with van der Waals surface area (Å²) < 4.78 is 5.14. The minimum atomic E-state index is -0.407. The van der Waals surface area contributed by atoms with Gasteiger partial charge >= 0.3 is 5.97 Å². The lowest BCUT2D eigenvalue weighted by molar-refractivity contribution is 0.0599. The van der Waals surface area contributed by atoms with Crippen LogP contribution in [0.4, 0.5) is 0 Å². The molecule has 0 spiro atoms. The monoisotopic (exact) mass is 436 g/mol. The number of pyridine rings is 1. The number of rotatable bonds is 7. The Morgan fingerprint density at radius 2 is 1.58 bits per heavy atom. The molecular formula is C28H24N2O3. The van der Waals surface area contributed by atoms with Crippen LogP contribution in [0.2, 0.25) is 0 Å². The normalized spacial score (nSPS) is 12.2. The Hall–Kier alpha value is -4.25. The van der Waals surface area contributed by atoms with E-state index < -0.39 is 5.97 Å². The van der Waals surface area contributed by atoms with Crippen molar-refractivity contribution < 1.29 is 14.7 Å². The first kappa shape index (κ1) is 22.0. The molecule has 0 fully saturated rings. The lowest BCUT2D eigenvalue weighted by Gasteiger charge is -2.24. The molecule has 164 valence electrons. The van der Waals surface area contributed by atoms with Gasteiger partial charge in [0.05, 0.1) is 18.4 Å². The number of oxime groups is 1. The summed E-state index contributed by atoms with van der Waals surface area (Å²) in [5, 5.41) is 13.5. The van der Waals surface area contributed by atoms with Gasteiger partial charge in [-0.2, -0.15) is 0 Å². The Morgan fingerprint density at radius 1 is 0.909 bits per heavy atom. The van der Waals surface area contributed by atoms with Crippen molar-refractivity contribution >= 4 is 11.7 Å². The van der Waals surface area contributed by atoms with Gasteiger partial charge in [0.25, 0.3) is 0 Å². The minimum absolute atomic E-state index is 0.268. The van der Waals surface area contributed by atoms with E-state index in [1.165, 1.54) is 7.11 Å². The van der Waals surface area contributed by atoms with Crippen LogP contribution >= 0.6 is 0 Å². The number of hydrogen-bond acceptors (Lipinski definition) is 5. The summed E-state index contributed by atoms with van der Waals surface area (Å²) in [6, 6.07) is 29.1. The van der Waals surface area contributed by atoms with Crippen LogP contribution in [0.5, 0.6) is 0 Å². The Bertz CT molecular complexity index is 1240. The molecule has 0 aliphatic heterocycles. The minimum Gasteiger partial charge on any atom is -0.465 e. The number of carbonyl (C=O) groups excluding carboxylic acids is 1. The van der Waals surface area contributed by atoms with Gasteiger partial charge in [0.15, 0.2) is 0 Å². The lowest BCUT2D eigenvalue weighted by Crippen LogP contribution is -2.16. The molecule has 4 rings (SSSR count). The lowest BCUT2D eigenvalue weighted by atomic mass is 9.79. The second kappa shape index (κ2) is 10.4. The van der Waals surface area contributed by atoms with Crippen molar-refractivity contribution in [2.75, 3.05) is 7.11 Å². The van der Waals surface area contributed by atoms with Gasteiger partial charge < -0.3 is 9.94 Å². The van der Waals surface area contributed by atoms with Crippen molar-refractivity contribution in [2.45, 2.75) is 12.3 Å². The molecule has 1 aromatic heterocycles. The molecule has 1 unspecified atom stereocenters. The fraction of sp³-hybridized carbons (Fsp3) is 0.107. The van der Waals surface area contributed by atoms with Gasteiger partial charge in [0.1, 0.15) is 0 Å². The quantitative estimate of drug-likeness (QED) is 0.169. The predicted octanol–water partition coefficient (Wildman–Crippen LogP) is 5.94. The van der Waals surface area contributed by atoms with Crippen LogP contribution < -0.4 is 0 Å². The molecule has 0 aliphatic rings. The summed E-state index contributed by atoms with van der Waals surface area (Å²) >= 11 is 0. The van der Waals surface area contributed by atoms with E-state index >= 15 is 0 Å². The number of hydrogen-bond donors (Lipinski definition) is 1. The van der Waals surface area contributed by atoms with Crippen LogP contribution in [0.25, 0.3) is 11.1 Å². The molecule has 0 saturated heterocycles. The van der Waals surface area contributed by atoms with E-state index in [1.54, 1.807) is 30.6 Å². The zero-order valence-corrected chi connectivity index (χ0v) is 18.3. The first-order valence-corrected chi connectivity index (χ1v) is 10.7. The molecule has 0 saturated carbocycles. The van der Waals surface area contributed by atoms with Gasteiger partial charge in [-0.25, -0.2) is 4.79 Å². The van der Waals surface area contributed by atoms with Crippen LogP contribution in [-0.4, -0.2) is 29.0 Å². The molecule has 0 amide bonds. The van der Waals surface area contributed by atoms with Gasteiger partial charge in [-0.1, -0.05) is 78.0 Å². The third kappa shape index (κ3) is 4.83. The second-order valence-electron chi connectivity index (χ2n) is 7.57. The first-order valence-electron chi connectivity index (χ1n) is 10.7. The van der Waals surface area contributed by atoms with Gasteiger partial charge in [0, 0.05) is 30.3 Å². The maximum Gasteiger partial charge on any atom is 0.338 e. The Kier molecular flexibility index (Phi) is 6.90. The number of aromatic nitrogens is 1. The maximum absolute atomic E-state index is 12.9. The number of ether oxygens (including phenoxy) is 1. The molecule has 33 heavy (non-hydrogen) atoms. The SMILES string of the molecule is COC(=O)c1cccc(-c2ccccc2)c1C(C/C(=N\O)c1ccncc1)c1ccccc1. The molecule has 4 aromatic rings. The fourth-order valence-electron chi connectivity index (χ4n) is 4.12. The zero-order chi connectivity index (χ0) is 23.0. The van der Waals surface area contributed by atoms with Crippen LogP contribution in [0.15, 0.2) is 109 Å². The van der Waals surface area contributed by atoms with Crippen molar-refractivity contribution in [2.24, 2.45) is 5.16 Å². The average molecular weight is 437 g/mol. The van der Waals surface area contributed by atoms with Crippen molar-refractivity contribution in [3.63, 3.8) is 0 Å². The molecule has 1 N–H and O–H groups in total. The zero-order valence-electron chi connectivity index (χ0n) is 18.3. The summed E-state index contributed by atoms with van der Waals surface area (Å²) in [6.07, 6.45) is 3.70. The number of nitrogens with zero attached hydrogens (tertiary/aromatic N) is 2. The maximum atomic E-state index is 12.9. The smallest absolute Gasteiger partial charge is 0.338 e. The standard InChI is InChI=1S/C28H24N2O3/c1-33-28(31)24-14-8-13-23(20-9-4-2-5-10-20)27(24)25(21-11-6-3-7-12-21)19-26(30-32)22-15-17-29-18-16-22/h2-18,25,32H,19H2,1H3/b30-26+. The van der Waals surface area contributed by atoms with E-state index in [9.17, 15) is 10.0 Å². The number of methoxy groups -OCH3 is 1. The molecule has 1 atom stereocenters. The molecule has 5 nitrogen and oxygen atoms in total. The number of carbonyl (C=O) groups is 1. The molecule has 5 heteroatoms. The van der Waals surface area contributed by atoms with E-state index in [4.69, 9.17) is 4.74 Å². The van der Waals surface area contributed by atoms with Gasteiger partial charge in [-0.15, -0.1) is 0 Å². The summed E-state index contributed by atoms with van der Waals surface area (Å²) in [7, 11) is 1.39. The topological polar surface area (TPSA) is 71.8 Å². The molecule has 0 aliphatic carbocycles. The highest BCUT2D eigenvalue weighted by Gasteiger charge is 2.27. The summed E-state index contributed by atoms with van der Waals surface area (Å²) in [6.45, 7) is 0. The van der Waals surface area contributed by atoms with Gasteiger partial charge in [-0.3, -0.25) is 4.98 Å². The fourth-order valence-corrected chi connectivity index (χ4v) is 4.12.